The quantitative estimate of drug-likeness (QED) is 0.208. The molecule has 0 aromatic carbocycles. The largest absolute Gasteiger partial charge is 1.00 e. The molecule has 0 N–H and O–H groups in total. The zero-order chi connectivity index (χ0) is 2.00. The first-order valence-corrected chi connectivity index (χ1v) is 0.707. The van der Waals surface area contributed by atoms with E-state index >= 15 is 0 Å². The third-order valence-corrected chi connectivity index (χ3v) is 0. The minimum atomic E-state index is 0. The molecule has 0 saturated carbocycles. The molecule has 0 heterocycles. The maximum atomic E-state index is 3.25. The number of hydrogen-bond donors (Lipinski definition) is 0. The van der Waals surface area contributed by atoms with Gasteiger partial charge in [0.2, 0.25) is 0 Å². The summed E-state index contributed by atoms with van der Waals surface area (Å²) < 4.78 is 0. The molecule has 0 rings (SSSR count). The minimum absolute atomic E-state index is 0. The fraction of sp³-hybridized carbons (Fsp3) is 0.500. The molecule has 0 aliphatic heterocycles. The molecule has 2 heteroatoms. The van der Waals surface area contributed by atoms with Crippen molar-refractivity contribution < 1.29 is 18.9 Å². The molecule has 17 valence electrons. The Morgan fingerprint density at radius 2 is 1.25 bits per heavy atom. The van der Waals surface area contributed by atoms with Crippen molar-refractivity contribution in [3.8, 4) is 0 Å². The molecule has 0 aliphatic carbocycles. The number of rotatable bonds is 0. The molecule has 0 aliphatic rings. The Balaban J connectivity index is -0.00000000500. The van der Waals surface area contributed by atoms with Gasteiger partial charge in [-0.25, -0.2) is 0 Å². The molecule has 0 spiro atoms. The van der Waals surface area contributed by atoms with Crippen molar-refractivity contribution in [2.24, 2.45) is 0 Å². The van der Waals surface area contributed by atoms with Crippen LogP contribution in [0.15, 0.2) is 0 Å². The second-order valence-corrected chi connectivity index (χ2v) is 0. The summed E-state index contributed by atoms with van der Waals surface area (Å²) in [5.74, 6) is 0. The predicted octanol–water partition coefficient (Wildman–Crippen LogP) is -2.54. The fourth-order valence-corrected chi connectivity index (χ4v) is 0. The van der Waals surface area contributed by atoms with Crippen molar-refractivity contribution in [2.45, 2.75) is 6.92 Å². The van der Waals surface area contributed by atoms with Gasteiger partial charge in [0.05, 0.1) is 0 Å². The van der Waals surface area contributed by atoms with E-state index in [1.54, 1.807) is 6.92 Å². The first-order valence-electron chi connectivity index (χ1n) is 0.707. The smallest absolute Gasteiger partial charge is 0.346 e. The molecule has 0 aromatic heterocycles. The van der Waals surface area contributed by atoms with Crippen LogP contribution in [0.4, 0.5) is 0 Å². The zero-order valence-corrected chi connectivity index (χ0v) is 3.28. The molecular weight excluding hydrogens is 41.8 g/mol. The van der Waals surface area contributed by atoms with Gasteiger partial charge in [0, 0.05) is 8.41 Å². The van der Waals surface area contributed by atoms with E-state index < -0.39 is 0 Å². The van der Waals surface area contributed by atoms with Crippen molar-refractivity contribution in [2.75, 3.05) is 0 Å². The van der Waals surface area contributed by atoms with Crippen molar-refractivity contribution in [3.63, 3.8) is 0 Å². The van der Waals surface area contributed by atoms with Gasteiger partial charge in [0.25, 0.3) is 0 Å². The molecule has 3 radical (unpaired) electrons. The maximum absolute atomic E-state index is 3.25. The molecule has 0 saturated heterocycles. The fourth-order valence-electron chi connectivity index (χ4n) is 0. The Morgan fingerprint density at radius 3 is 1.25 bits per heavy atom. The van der Waals surface area contributed by atoms with Crippen LogP contribution in [0.3, 0.4) is 0 Å². The average Bonchev–Trinajstić information content (AvgIpc) is 1.00. The van der Waals surface area contributed by atoms with E-state index in [2.05, 4.69) is 6.92 Å². The van der Waals surface area contributed by atoms with Gasteiger partial charge in [-0.05, 0) is 0 Å². The topological polar surface area (TPSA) is 0 Å². The second kappa shape index (κ2) is 59.2. The molecule has 0 bridgehead atoms. The second-order valence-electron chi connectivity index (χ2n) is 0. The molecular formula is C2H5BLi. The third-order valence-electron chi connectivity index (χ3n) is 0. The molecule has 0 atom stereocenters. The van der Waals surface area contributed by atoms with Gasteiger partial charge in [-0.3, -0.25) is 0 Å². The van der Waals surface area contributed by atoms with E-state index in [-0.39, 0.29) is 27.3 Å². The van der Waals surface area contributed by atoms with Gasteiger partial charge in [-0.1, -0.05) is 0 Å². The van der Waals surface area contributed by atoms with Crippen molar-refractivity contribution in [1.82, 2.24) is 0 Å². The van der Waals surface area contributed by atoms with Gasteiger partial charge in [0.1, 0.15) is 0 Å². The molecule has 0 unspecified atom stereocenters. The van der Waals surface area contributed by atoms with Crippen LogP contribution in [-0.2, 0) is 0 Å². The van der Waals surface area contributed by atoms with E-state index in [9.17, 15) is 0 Å². The van der Waals surface area contributed by atoms with Crippen LogP contribution >= 0.6 is 0 Å². The Morgan fingerprint density at radius 1 is 1.25 bits per heavy atom. The van der Waals surface area contributed by atoms with Gasteiger partial charge < -0.3 is 6.92 Å². The SMILES string of the molecule is [B].[CH2-]C.[Li+]. The molecule has 0 amide bonds. The van der Waals surface area contributed by atoms with Crippen LogP contribution in [0.25, 0.3) is 0 Å². The van der Waals surface area contributed by atoms with Crippen molar-refractivity contribution >= 4 is 8.41 Å². The van der Waals surface area contributed by atoms with Gasteiger partial charge in [0.15, 0.2) is 0 Å². The average molecular weight is 46.8 g/mol. The summed E-state index contributed by atoms with van der Waals surface area (Å²) in [4.78, 5) is 0. The van der Waals surface area contributed by atoms with Crippen LogP contribution in [-0.4, -0.2) is 8.41 Å². The monoisotopic (exact) mass is 47.1 g/mol. The van der Waals surface area contributed by atoms with E-state index in [4.69, 9.17) is 0 Å². The Kier molecular flexibility index (Phi) is 335. The standard InChI is InChI=1S/C2H5.B.Li/c1-2;;/h1H2,2H3;;/q-1;;+1. The van der Waals surface area contributed by atoms with E-state index in [1.165, 1.54) is 0 Å². The molecule has 0 nitrogen and oxygen atoms in total. The Labute approximate surface area is 41.7 Å². The van der Waals surface area contributed by atoms with Crippen LogP contribution in [0.1, 0.15) is 6.92 Å². The summed E-state index contributed by atoms with van der Waals surface area (Å²) >= 11 is 0. The molecule has 0 aromatic rings. The summed E-state index contributed by atoms with van der Waals surface area (Å²) in [5, 5.41) is 0. The third kappa shape index (κ3) is 16.8. The van der Waals surface area contributed by atoms with Crippen LogP contribution in [0.5, 0.6) is 0 Å². The van der Waals surface area contributed by atoms with Gasteiger partial charge >= 0.3 is 18.9 Å². The van der Waals surface area contributed by atoms with Gasteiger partial charge in [-0.15, -0.1) is 0 Å². The van der Waals surface area contributed by atoms with E-state index in [0.29, 0.717) is 0 Å². The maximum Gasteiger partial charge on any atom is 1.00 e. The number of hydrogen-bond acceptors (Lipinski definition) is 0. The first kappa shape index (κ1) is 22.6. The summed E-state index contributed by atoms with van der Waals surface area (Å²) in [6.07, 6.45) is 0. The summed E-state index contributed by atoms with van der Waals surface area (Å²) in [5.41, 5.74) is 0. The zero-order valence-electron chi connectivity index (χ0n) is 3.28. The Hall–Kier alpha value is 0.662. The molecule has 0 fully saturated rings. The molecule has 4 heavy (non-hydrogen) atoms. The normalized spacial score (nSPS) is 1.50. The van der Waals surface area contributed by atoms with E-state index in [1.807, 2.05) is 0 Å². The minimum Gasteiger partial charge on any atom is -0.346 e. The van der Waals surface area contributed by atoms with E-state index in [0.717, 1.165) is 0 Å². The summed E-state index contributed by atoms with van der Waals surface area (Å²) in [6, 6.07) is 0. The van der Waals surface area contributed by atoms with Crippen LogP contribution < -0.4 is 18.9 Å². The summed E-state index contributed by atoms with van der Waals surface area (Å²) in [7, 11) is 0. The summed E-state index contributed by atoms with van der Waals surface area (Å²) in [6.45, 7) is 5.00. The van der Waals surface area contributed by atoms with Crippen molar-refractivity contribution in [3.05, 3.63) is 6.92 Å². The van der Waals surface area contributed by atoms with Gasteiger partial charge in [-0.2, -0.15) is 6.92 Å². The van der Waals surface area contributed by atoms with Crippen molar-refractivity contribution in [1.29, 1.82) is 0 Å². The first-order chi connectivity index (χ1) is 1.00. The Bertz CT molecular complexity index is 6.00. The van der Waals surface area contributed by atoms with Crippen LogP contribution in [0, 0.1) is 6.92 Å². The van der Waals surface area contributed by atoms with Crippen LogP contribution in [0.2, 0.25) is 0 Å². The predicted molar refractivity (Wildman–Crippen MR) is 16.8 cm³/mol.